The lowest BCUT2D eigenvalue weighted by molar-refractivity contribution is -0.126. The number of aryl methyl sites for hydroxylation is 1. The molecular weight excluding hydrogens is 272 g/mol. The first-order valence-electron chi connectivity index (χ1n) is 5.17. The highest BCUT2D eigenvalue weighted by atomic mass is 79.9. The van der Waals surface area contributed by atoms with E-state index in [1.807, 2.05) is 20.8 Å². The van der Waals surface area contributed by atoms with Gasteiger partial charge < -0.3 is 0 Å². The van der Waals surface area contributed by atoms with Gasteiger partial charge in [0.05, 0.1) is 3.79 Å². The van der Waals surface area contributed by atoms with Gasteiger partial charge in [-0.25, -0.2) is 0 Å². The van der Waals surface area contributed by atoms with E-state index < -0.39 is 0 Å². The Labute approximate surface area is 104 Å². The molecule has 1 heterocycles. The zero-order valence-electron chi connectivity index (χ0n) is 9.47. The van der Waals surface area contributed by atoms with Crippen LogP contribution in [-0.4, -0.2) is 5.78 Å². The number of carbonyl (C=O) groups excluding carboxylic acids is 1. The van der Waals surface area contributed by atoms with Gasteiger partial charge in [0.1, 0.15) is 5.78 Å². The average Bonchev–Trinajstić information content (AvgIpc) is 2.49. The quantitative estimate of drug-likeness (QED) is 0.800. The van der Waals surface area contributed by atoms with Crippen molar-refractivity contribution in [3.8, 4) is 0 Å². The van der Waals surface area contributed by atoms with Crippen LogP contribution in [0, 0.1) is 5.41 Å². The van der Waals surface area contributed by atoms with Gasteiger partial charge in [0, 0.05) is 16.7 Å². The number of ketones is 1. The molecular formula is C12H17BrOS. The fourth-order valence-corrected chi connectivity index (χ4v) is 2.81. The Kier molecular flexibility index (Phi) is 4.53. The summed E-state index contributed by atoms with van der Waals surface area (Å²) in [5.41, 5.74) is -0.184. The Hall–Kier alpha value is -0.150. The monoisotopic (exact) mass is 288 g/mol. The van der Waals surface area contributed by atoms with Crippen LogP contribution in [0.5, 0.6) is 0 Å². The highest BCUT2D eigenvalue weighted by molar-refractivity contribution is 9.11. The summed E-state index contributed by atoms with van der Waals surface area (Å²) in [6.07, 6.45) is 2.67. The van der Waals surface area contributed by atoms with Crippen molar-refractivity contribution in [2.75, 3.05) is 0 Å². The third kappa shape index (κ3) is 4.47. The third-order valence-electron chi connectivity index (χ3n) is 2.29. The van der Waals surface area contributed by atoms with E-state index in [4.69, 9.17) is 0 Å². The molecule has 15 heavy (non-hydrogen) atoms. The van der Waals surface area contributed by atoms with Crippen molar-refractivity contribution in [1.29, 1.82) is 0 Å². The molecule has 0 bridgehead atoms. The van der Waals surface area contributed by atoms with E-state index in [-0.39, 0.29) is 5.41 Å². The molecule has 0 atom stereocenters. The van der Waals surface area contributed by atoms with Crippen LogP contribution in [0.4, 0.5) is 0 Å². The lowest BCUT2D eigenvalue weighted by Gasteiger charge is -2.15. The van der Waals surface area contributed by atoms with Crippen LogP contribution in [0.3, 0.4) is 0 Å². The molecule has 3 heteroatoms. The molecule has 1 rings (SSSR count). The second kappa shape index (κ2) is 5.26. The fraction of sp³-hybridized carbons (Fsp3) is 0.583. The molecule has 0 saturated carbocycles. The Balaban J connectivity index is 2.31. The number of hydrogen-bond donors (Lipinski definition) is 0. The second-order valence-electron chi connectivity index (χ2n) is 4.73. The summed E-state index contributed by atoms with van der Waals surface area (Å²) in [5.74, 6) is 0.359. The number of thiophene rings is 1. The second-order valence-corrected chi connectivity index (χ2v) is 7.28. The number of halogens is 1. The Morgan fingerprint density at radius 1 is 1.40 bits per heavy atom. The van der Waals surface area contributed by atoms with E-state index in [9.17, 15) is 4.79 Å². The summed E-state index contributed by atoms with van der Waals surface area (Å²) in [6.45, 7) is 5.95. The minimum absolute atomic E-state index is 0.184. The van der Waals surface area contributed by atoms with Crippen molar-refractivity contribution >= 4 is 33.0 Å². The van der Waals surface area contributed by atoms with E-state index >= 15 is 0 Å². The average molecular weight is 289 g/mol. The molecule has 1 aromatic heterocycles. The van der Waals surface area contributed by atoms with E-state index in [2.05, 4.69) is 28.1 Å². The van der Waals surface area contributed by atoms with Gasteiger partial charge in [-0.3, -0.25) is 4.79 Å². The van der Waals surface area contributed by atoms with Crippen molar-refractivity contribution < 1.29 is 4.79 Å². The molecule has 0 amide bonds. The minimum Gasteiger partial charge on any atom is -0.299 e. The van der Waals surface area contributed by atoms with Gasteiger partial charge in [-0.15, -0.1) is 11.3 Å². The third-order valence-corrected chi connectivity index (χ3v) is 3.98. The number of Topliss-reactive ketones (excluding diaryl/α,β-unsaturated/α-hetero) is 1. The van der Waals surface area contributed by atoms with Crippen LogP contribution < -0.4 is 0 Å². The van der Waals surface area contributed by atoms with Crippen molar-refractivity contribution in [2.24, 2.45) is 5.41 Å². The summed E-state index contributed by atoms with van der Waals surface area (Å²) in [6, 6.07) is 4.18. The minimum atomic E-state index is -0.184. The predicted molar refractivity (Wildman–Crippen MR) is 69.4 cm³/mol. The van der Waals surface area contributed by atoms with Crippen LogP contribution in [0.15, 0.2) is 15.9 Å². The standard InChI is InChI=1S/C12H17BrOS/c1-12(2,3)10(14)6-4-5-9-7-8-11(13)15-9/h7-8H,4-6H2,1-3H3. The SMILES string of the molecule is CC(C)(C)C(=O)CCCc1ccc(Br)s1. The first kappa shape index (κ1) is 12.9. The highest BCUT2D eigenvalue weighted by Crippen LogP contribution is 2.24. The van der Waals surface area contributed by atoms with Crippen LogP contribution in [0.25, 0.3) is 0 Å². The van der Waals surface area contributed by atoms with Crippen molar-refractivity contribution in [3.05, 3.63) is 20.8 Å². The van der Waals surface area contributed by atoms with Gasteiger partial charge in [0.2, 0.25) is 0 Å². The van der Waals surface area contributed by atoms with E-state index in [1.54, 1.807) is 11.3 Å². The van der Waals surface area contributed by atoms with Gasteiger partial charge in [-0.05, 0) is 40.9 Å². The summed E-state index contributed by atoms with van der Waals surface area (Å²) in [5, 5.41) is 0. The summed E-state index contributed by atoms with van der Waals surface area (Å²) in [7, 11) is 0. The van der Waals surface area contributed by atoms with Gasteiger partial charge in [0.15, 0.2) is 0 Å². The first-order chi connectivity index (χ1) is 6.89. The summed E-state index contributed by atoms with van der Waals surface area (Å²) in [4.78, 5) is 13.0. The van der Waals surface area contributed by atoms with Gasteiger partial charge in [-0.2, -0.15) is 0 Å². The van der Waals surface area contributed by atoms with E-state index in [0.717, 1.165) is 12.8 Å². The molecule has 0 aromatic carbocycles. The van der Waals surface area contributed by atoms with Crippen LogP contribution in [0.1, 0.15) is 38.5 Å². The summed E-state index contributed by atoms with van der Waals surface area (Å²) >= 11 is 5.19. The van der Waals surface area contributed by atoms with Gasteiger partial charge in [-0.1, -0.05) is 20.8 Å². The lowest BCUT2D eigenvalue weighted by atomic mass is 9.88. The van der Waals surface area contributed by atoms with Gasteiger partial charge >= 0.3 is 0 Å². The lowest BCUT2D eigenvalue weighted by Crippen LogP contribution is -2.19. The first-order valence-corrected chi connectivity index (χ1v) is 6.78. The maximum atomic E-state index is 11.7. The van der Waals surface area contributed by atoms with Crippen molar-refractivity contribution in [1.82, 2.24) is 0 Å². The molecule has 0 aliphatic heterocycles. The van der Waals surface area contributed by atoms with Gasteiger partial charge in [0.25, 0.3) is 0 Å². The molecule has 1 aromatic rings. The Morgan fingerprint density at radius 3 is 2.53 bits per heavy atom. The van der Waals surface area contributed by atoms with E-state index in [1.165, 1.54) is 8.66 Å². The topological polar surface area (TPSA) is 17.1 Å². The highest BCUT2D eigenvalue weighted by Gasteiger charge is 2.20. The van der Waals surface area contributed by atoms with Crippen LogP contribution in [0.2, 0.25) is 0 Å². The molecule has 0 N–H and O–H groups in total. The largest absolute Gasteiger partial charge is 0.299 e. The van der Waals surface area contributed by atoms with Crippen molar-refractivity contribution in [2.45, 2.75) is 40.0 Å². The molecule has 0 aliphatic rings. The molecule has 0 radical (unpaired) electrons. The van der Waals surface area contributed by atoms with E-state index in [0.29, 0.717) is 12.2 Å². The maximum Gasteiger partial charge on any atom is 0.138 e. The van der Waals surface area contributed by atoms with Crippen LogP contribution >= 0.6 is 27.3 Å². The van der Waals surface area contributed by atoms with Crippen LogP contribution in [-0.2, 0) is 11.2 Å². The molecule has 0 aliphatic carbocycles. The fourth-order valence-electron chi connectivity index (χ4n) is 1.28. The molecule has 84 valence electrons. The van der Waals surface area contributed by atoms with Crippen molar-refractivity contribution in [3.63, 3.8) is 0 Å². The predicted octanol–water partition coefficient (Wildman–Crippen LogP) is 4.45. The molecule has 0 spiro atoms. The zero-order chi connectivity index (χ0) is 11.5. The Morgan fingerprint density at radius 2 is 2.07 bits per heavy atom. The molecule has 0 unspecified atom stereocenters. The molecule has 0 saturated heterocycles. The maximum absolute atomic E-state index is 11.7. The normalized spacial score (nSPS) is 11.7. The molecule has 0 fully saturated rings. The number of hydrogen-bond acceptors (Lipinski definition) is 2. The zero-order valence-corrected chi connectivity index (χ0v) is 11.9. The summed E-state index contributed by atoms with van der Waals surface area (Å²) < 4.78 is 1.17. The number of carbonyl (C=O) groups is 1. The molecule has 1 nitrogen and oxygen atoms in total. The number of rotatable bonds is 4. The smallest absolute Gasteiger partial charge is 0.138 e. The Bertz CT molecular complexity index is 336.